The van der Waals surface area contributed by atoms with Crippen molar-refractivity contribution in [2.75, 3.05) is 10.9 Å². The fourth-order valence-corrected chi connectivity index (χ4v) is 2.02. The molecule has 6 nitrogen and oxygen atoms in total. The summed E-state index contributed by atoms with van der Waals surface area (Å²) < 4.78 is 0. The first-order valence-electron chi connectivity index (χ1n) is 7.92. The number of hydrogen-bond acceptors (Lipinski definition) is 4. The number of rotatable bonds is 6. The Bertz CT molecular complexity index is 620. The first-order valence-corrected chi connectivity index (χ1v) is 7.92. The van der Waals surface area contributed by atoms with E-state index in [0.29, 0.717) is 11.4 Å². The quantitative estimate of drug-likeness (QED) is 0.485. The van der Waals surface area contributed by atoms with Gasteiger partial charge in [0.2, 0.25) is 0 Å². The van der Waals surface area contributed by atoms with Crippen LogP contribution >= 0.6 is 0 Å². The van der Waals surface area contributed by atoms with E-state index in [2.05, 4.69) is 35.6 Å². The van der Waals surface area contributed by atoms with Crippen LogP contribution in [0, 0.1) is 0 Å². The number of hydrogen-bond donors (Lipinski definition) is 4. The molecule has 0 aliphatic rings. The Morgan fingerprint density at radius 2 is 1.00 bits per heavy atom. The molecule has 0 aliphatic carbocycles. The van der Waals surface area contributed by atoms with E-state index < -0.39 is 11.8 Å². The maximum atomic E-state index is 11.7. The number of hydrazine groups is 2. The van der Waals surface area contributed by atoms with Crippen LogP contribution in [0.2, 0.25) is 0 Å². The highest BCUT2D eigenvalue weighted by molar-refractivity contribution is 6.35. The molecule has 0 atom stereocenters. The molecule has 0 bridgehead atoms. The monoisotopic (exact) mass is 326 g/mol. The van der Waals surface area contributed by atoms with Crippen LogP contribution in [0.4, 0.5) is 11.4 Å². The highest BCUT2D eigenvalue weighted by Gasteiger charge is 2.12. The number of aryl methyl sites for hydroxylation is 2. The lowest BCUT2D eigenvalue weighted by Crippen LogP contribution is -2.44. The van der Waals surface area contributed by atoms with Crippen LogP contribution in [-0.4, -0.2) is 11.8 Å². The summed E-state index contributed by atoms with van der Waals surface area (Å²) in [7, 11) is 0. The van der Waals surface area contributed by atoms with Crippen LogP contribution in [0.15, 0.2) is 48.5 Å². The minimum atomic E-state index is -0.785. The van der Waals surface area contributed by atoms with E-state index in [-0.39, 0.29) is 0 Å². The number of nitrogens with one attached hydrogen (secondary N) is 4. The zero-order valence-corrected chi connectivity index (χ0v) is 13.8. The Kier molecular flexibility index (Phi) is 6.19. The van der Waals surface area contributed by atoms with Gasteiger partial charge in [-0.3, -0.25) is 31.3 Å². The second-order valence-corrected chi connectivity index (χ2v) is 5.26. The summed E-state index contributed by atoms with van der Waals surface area (Å²) >= 11 is 0. The first kappa shape index (κ1) is 17.3. The van der Waals surface area contributed by atoms with E-state index in [0.717, 1.165) is 12.8 Å². The molecule has 2 aromatic carbocycles. The number of amides is 2. The lowest BCUT2D eigenvalue weighted by molar-refractivity contribution is -0.138. The summed E-state index contributed by atoms with van der Waals surface area (Å²) in [5.41, 5.74) is 13.9. The average Bonchev–Trinajstić information content (AvgIpc) is 2.64. The van der Waals surface area contributed by atoms with E-state index >= 15 is 0 Å². The summed E-state index contributed by atoms with van der Waals surface area (Å²) in [5, 5.41) is 0. The summed E-state index contributed by atoms with van der Waals surface area (Å²) in [5.74, 6) is -1.57. The predicted molar refractivity (Wildman–Crippen MR) is 95.2 cm³/mol. The van der Waals surface area contributed by atoms with E-state index in [1.54, 1.807) is 0 Å². The highest BCUT2D eigenvalue weighted by atomic mass is 16.2. The third-order valence-electron chi connectivity index (χ3n) is 3.57. The molecule has 0 fully saturated rings. The lowest BCUT2D eigenvalue weighted by Gasteiger charge is -2.11. The third-order valence-corrected chi connectivity index (χ3v) is 3.57. The Morgan fingerprint density at radius 1 is 0.667 bits per heavy atom. The van der Waals surface area contributed by atoms with Gasteiger partial charge in [0.05, 0.1) is 11.4 Å². The van der Waals surface area contributed by atoms with Gasteiger partial charge < -0.3 is 0 Å². The van der Waals surface area contributed by atoms with Crippen LogP contribution in [-0.2, 0) is 22.4 Å². The molecule has 0 radical (unpaired) electrons. The van der Waals surface area contributed by atoms with Crippen molar-refractivity contribution in [2.24, 2.45) is 0 Å². The van der Waals surface area contributed by atoms with Gasteiger partial charge in [0.25, 0.3) is 0 Å². The minimum Gasteiger partial charge on any atom is -0.298 e. The van der Waals surface area contributed by atoms with Crippen LogP contribution in [0.3, 0.4) is 0 Å². The molecule has 0 saturated carbocycles. The molecule has 0 spiro atoms. The predicted octanol–water partition coefficient (Wildman–Crippen LogP) is 2.40. The van der Waals surface area contributed by atoms with Gasteiger partial charge in [0.1, 0.15) is 0 Å². The average molecular weight is 326 g/mol. The van der Waals surface area contributed by atoms with Crippen molar-refractivity contribution >= 4 is 23.2 Å². The van der Waals surface area contributed by atoms with E-state index in [4.69, 9.17) is 0 Å². The van der Waals surface area contributed by atoms with Gasteiger partial charge in [-0.2, -0.15) is 0 Å². The van der Waals surface area contributed by atoms with Crippen molar-refractivity contribution in [3.8, 4) is 0 Å². The highest BCUT2D eigenvalue weighted by Crippen LogP contribution is 2.09. The number of carbonyl (C=O) groups is 2. The zero-order chi connectivity index (χ0) is 17.4. The van der Waals surface area contributed by atoms with E-state index in [1.807, 2.05) is 48.5 Å². The zero-order valence-electron chi connectivity index (χ0n) is 13.8. The van der Waals surface area contributed by atoms with Gasteiger partial charge in [0.15, 0.2) is 0 Å². The number of benzene rings is 2. The standard InChI is InChI=1S/C18H22N4O2/c1-3-13-5-9-15(10-6-13)19-21-17(23)18(24)22-20-16-11-7-14(4-2)8-12-16/h5-12,19-20H,3-4H2,1-2H3,(H,21,23)(H,22,24). The van der Waals surface area contributed by atoms with Crippen molar-refractivity contribution < 1.29 is 9.59 Å². The molecule has 6 heteroatoms. The molecule has 0 heterocycles. The summed E-state index contributed by atoms with van der Waals surface area (Å²) in [6.45, 7) is 4.13. The molecule has 2 amide bonds. The van der Waals surface area contributed by atoms with Crippen LogP contribution in [0.1, 0.15) is 25.0 Å². The van der Waals surface area contributed by atoms with E-state index in [1.165, 1.54) is 11.1 Å². The molecule has 2 rings (SSSR count). The largest absolute Gasteiger partial charge is 0.329 e. The molecule has 126 valence electrons. The van der Waals surface area contributed by atoms with Gasteiger partial charge in [-0.25, -0.2) is 0 Å². The molecule has 0 aliphatic heterocycles. The summed E-state index contributed by atoms with van der Waals surface area (Å²) in [6.07, 6.45) is 1.89. The molecule has 0 aromatic heterocycles. The van der Waals surface area contributed by atoms with Crippen LogP contribution < -0.4 is 21.7 Å². The summed E-state index contributed by atoms with van der Waals surface area (Å²) in [6, 6.07) is 15.2. The molecular weight excluding hydrogens is 304 g/mol. The lowest BCUT2D eigenvalue weighted by atomic mass is 10.2. The molecule has 2 aromatic rings. The normalized spacial score (nSPS) is 9.92. The third kappa shape index (κ3) is 5.01. The maximum Gasteiger partial charge on any atom is 0.329 e. The second-order valence-electron chi connectivity index (χ2n) is 5.26. The first-order chi connectivity index (χ1) is 11.6. The van der Waals surface area contributed by atoms with Gasteiger partial charge in [-0.1, -0.05) is 38.1 Å². The number of carbonyl (C=O) groups excluding carboxylic acids is 2. The van der Waals surface area contributed by atoms with Gasteiger partial charge in [-0.05, 0) is 48.2 Å². The van der Waals surface area contributed by atoms with Crippen molar-refractivity contribution in [1.82, 2.24) is 10.9 Å². The Morgan fingerprint density at radius 3 is 1.29 bits per heavy atom. The molecule has 4 N–H and O–H groups in total. The Balaban J connectivity index is 1.77. The van der Waals surface area contributed by atoms with Gasteiger partial charge in [-0.15, -0.1) is 0 Å². The fourth-order valence-electron chi connectivity index (χ4n) is 2.02. The van der Waals surface area contributed by atoms with Crippen LogP contribution in [0.25, 0.3) is 0 Å². The molecule has 0 unspecified atom stereocenters. The molecule has 24 heavy (non-hydrogen) atoms. The van der Waals surface area contributed by atoms with Crippen LogP contribution in [0.5, 0.6) is 0 Å². The second kappa shape index (κ2) is 8.57. The van der Waals surface area contributed by atoms with Gasteiger partial charge >= 0.3 is 11.8 Å². The number of anilines is 2. The van der Waals surface area contributed by atoms with Crippen molar-refractivity contribution in [2.45, 2.75) is 26.7 Å². The SMILES string of the molecule is CCc1ccc(NNC(=O)C(=O)NNc2ccc(CC)cc2)cc1. The minimum absolute atomic E-state index is 0.705. The topological polar surface area (TPSA) is 82.3 Å². The van der Waals surface area contributed by atoms with Crippen molar-refractivity contribution in [3.63, 3.8) is 0 Å². The summed E-state index contributed by atoms with van der Waals surface area (Å²) in [4.78, 5) is 23.5. The Hall–Kier alpha value is -3.02. The van der Waals surface area contributed by atoms with Crippen molar-refractivity contribution in [3.05, 3.63) is 59.7 Å². The smallest absolute Gasteiger partial charge is 0.298 e. The van der Waals surface area contributed by atoms with Gasteiger partial charge in [0, 0.05) is 0 Å². The Labute approximate surface area is 141 Å². The van der Waals surface area contributed by atoms with Crippen molar-refractivity contribution in [1.29, 1.82) is 0 Å². The van der Waals surface area contributed by atoms with E-state index in [9.17, 15) is 9.59 Å². The maximum absolute atomic E-state index is 11.7. The molecule has 0 saturated heterocycles. The molecular formula is C18H22N4O2. The fraction of sp³-hybridized carbons (Fsp3) is 0.222.